The second kappa shape index (κ2) is 5.56. The Morgan fingerprint density at radius 2 is 2.15 bits per heavy atom. The molecule has 1 heterocycles. The van der Waals surface area contributed by atoms with Crippen molar-refractivity contribution in [2.45, 2.75) is 38.8 Å². The molecule has 0 saturated carbocycles. The van der Waals surface area contributed by atoms with E-state index in [4.69, 9.17) is 0 Å². The molecular formula is C15H19BrN2O2. The van der Waals surface area contributed by atoms with Gasteiger partial charge < -0.3 is 10.2 Å². The van der Waals surface area contributed by atoms with E-state index in [1.54, 1.807) is 11.8 Å². The summed E-state index contributed by atoms with van der Waals surface area (Å²) in [6.07, 6.45) is 0.583. The Kier molecular flexibility index (Phi) is 4.18. The summed E-state index contributed by atoms with van der Waals surface area (Å²) in [6.45, 7) is 5.76. The molecule has 1 N–H and O–H groups in total. The molecule has 20 heavy (non-hydrogen) atoms. The zero-order valence-electron chi connectivity index (χ0n) is 11.9. The predicted octanol–water partition coefficient (Wildman–Crippen LogP) is 2.64. The third kappa shape index (κ3) is 2.73. The molecule has 1 aromatic rings. The molecule has 0 aromatic heterocycles. The Labute approximate surface area is 127 Å². The lowest BCUT2D eigenvalue weighted by molar-refractivity contribution is -0.151. The summed E-state index contributed by atoms with van der Waals surface area (Å²) < 4.78 is 0.967. The van der Waals surface area contributed by atoms with E-state index in [-0.39, 0.29) is 24.4 Å². The van der Waals surface area contributed by atoms with Gasteiger partial charge in [-0.25, -0.2) is 0 Å². The van der Waals surface area contributed by atoms with Crippen LogP contribution >= 0.6 is 15.9 Å². The van der Waals surface area contributed by atoms with E-state index >= 15 is 0 Å². The lowest BCUT2D eigenvalue weighted by atomic mass is 9.92. The maximum Gasteiger partial charge on any atom is 0.248 e. The third-order valence-electron chi connectivity index (χ3n) is 3.97. The molecule has 2 rings (SSSR count). The number of halogens is 1. The Bertz CT molecular complexity index is 546. The summed E-state index contributed by atoms with van der Waals surface area (Å²) >= 11 is 3.43. The second-order valence-electron chi connectivity index (χ2n) is 5.40. The van der Waals surface area contributed by atoms with Gasteiger partial charge in [-0.3, -0.25) is 9.59 Å². The highest BCUT2D eigenvalue weighted by molar-refractivity contribution is 9.10. The Balaban J connectivity index is 2.31. The molecule has 2 atom stereocenters. The zero-order chi connectivity index (χ0) is 14.9. The number of carbonyl (C=O) groups is 2. The van der Waals surface area contributed by atoms with Crippen LogP contribution in [0.15, 0.2) is 28.7 Å². The number of piperazine rings is 1. The minimum absolute atomic E-state index is 0.0212. The van der Waals surface area contributed by atoms with Crippen LogP contribution in [-0.2, 0) is 9.59 Å². The molecule has 108 valence electrons. The van der Waals surface area contributed by atoms with Gasteiger partial charge in [0, 0.05) is 4.47 Å². The number of hydrogen-bond acceptors (Lipinski definition) is 2. The van der Waals surface area contributed by atoms with Gasteiger partial charge in [0.1, 0.15) is 12.1 Å². The first kappa shape index (κ1) is 15.0. The van der Waals surface area contributed by atoms with Gasteiger partial charge >= 0.3 is 0 Å². The zero-order valence-corrected chi connectivity index (χ0v) is 13.5. The van der Waals surface area contributed by atoms with Crippen molar-refractivity contribution < 1.29 is 9.59 Å². The molecule has 0 radical (unpaired) electrons. The standard InChI is InChI=1S/C15H19BrN2O2/c1-4-15(3)14(20)18(9-13(19)17-15)10(2)11-6-5-7-12(16)8-11/h5-8,10H,4,9H2,1-3H3,(H,17,19). The maximum atomic E-state index is 12.6. The first-order valence-electron chi connectivity index (χ1n) is 6.75. The first-order valence-corrected chi connectivity index (χ1v) is 7.54. The molecule has 1 aliphatic heterocycles. The van der Waals surface area contributed by atoms with Crippen LogP contribution in [0, 0.1) is 0 Å². The number of carbonyl (C=O) groups excluding carboxylic acids is 2. The normalized spacial score (nSPS) is 24.5. The molecule has 0 aliphatic carbocycles. The van der Waals surface area contributed by atoms with Crippen molar-refractivity contribution >= 4 is 27.7 Å². The molecule has 5 heteroatoms. The Hall–Kier alpha value is -1.36. The summed E-state index contributed by atoms with van der Waals surface area (Å²) in [4.78, 5) is 26.2. The number of nitrogens with zero attached hydrogens (tertiary/aromatic N) is 1. The van der Waals surface area contributed by atoms with Gasteiger partial charge in [-0.05, 0) is 38.0 Å². The molecule has 1 aromatic carbocycles. The molecular weight excluding hydrogens is 320 g/mol. The molecule has 0 spiro atoms. The molecule has 4 nitrogen and oxygen atoms in total. The molecule has 2 amide bonds. The molecule has 1 saturated heterocycles. The fraction of sp³-hybridized carbons (Fsp3) is 0.467. The van der Waals surface area contributed by atoms with Crippen LogP contribution in [0.4, 0.5) is 0 Å². The fourth-order valence-corrected chi connectivity index (χ4v) is 2.86. The summed E-state index contributed by atoms with van der Waals surface area (Å²) in [6, 6.07) is 7.70. The van der Waals surface area contributed by atoms with E-state index in [9.17, 15) is 9.59 Å². The largest absolute Gasteiger partial charge is 0.340 e. The van der Waals surface area contributed by atoms with Crippen LogP contribution in [0.2, 0.25) is 0 Å². The molecule has 0 bridgehead atoms. The van der Waals surface area contributed by atoms with Gasteiger partial charge in [-0.1, -0.05) is 35.0 Å². The Morgan fingerprint density at radius 1 is 1.45 bits per heavy atom. The van der Waals surface area contributed by atoms with E-state index in [0.29, 0.717) is 6.42 Å². The van der Waals surface area contributed by atoms with Gasteiger partial charge in [0.15, 0.2) is 0 Å². The maximum absolute atomic E-state index is 12.6. The summed E-state index contributed by atoms with van der Waals surface area (Å²) in [5, 5.41) is 2.80. The van der Waals surface area contributed by atoms with Crippen LogP contribution < -0.4 is 5.32 Å². The van der Waals surface area contributed by atoms with E-state index in [1.165, 1.54) is 0 Å². The predicted molar refractivity (Wildman–Crippen MR) is 81.1 cm³/mol. The van der Waals surface area contributed by atoms with Crippen LogP contribution in [-0.4, -0.2) is 28.8 Å². The average Bonchev–Trinajstić information content (AvgIpc) is 2.42. The highest BCUT2D eigenvalue weighted by Crippen LogP contribution is 2.28. The molecule has 2 unspecified atom stereocenters. The third-order valence-corrected chi connectivity index (χ3v) is 4.46. The van der Waals surface area contributed by atoms with E-state index in [2.05, 4.69) is 21.2 Å². The van der Waals surface area contributed by atoms with E-state index in [1.807, 2.05) is 38.1 Å². The number of benzene rings is 1. The summed E-state index contributed by atoms with van der Waals surface area (Å²) in [7, 11) is 0. The van der Waals surface area contributed by atoms with Crippen LogP contribution in [0.5, 0.6) is 0 Å². The van der Waals surface area contributed by atoms with Gasteiger partial charge in [-0.2, -0.15) is 0 Å². The number of rotatable bonds is 3. The quantitative estimate of drug-likeness (QED) is 0.920. The van der Waals surface area contributed by atoms with Crippen molar-refractivity contribution in [3.05, 3.63) is 34.3 Å². The van der Waals surface area contributed by atoms with Gasteiger partial charge in [0.05, 0.1) is 6.04 Å². The van der Waals surface area contributed by atoms with E-state index < -0.39 is 5.54 Å². The number of amides is 2. The van der Waals surface area contributed by atoms with Gasteiger partial charge in [0.25, 0.3) is 0 Å². The molecule has 1 aliphatic rings. The highest BCUT2D eigenvalue weighted by Gasteiger charge is 2.43. The summed E-state index contributed by atoms with van der Waals surface area (Å²) in [5.41, 5.74) is 0.219. The second-order valence-corrected chi connectivity index (χ2v) is 6.31. The SMILES string of the molecule is CCC1(C)NC(=O)CN(C(C)c2cccc(Br)c2)C1=O. The van der Waals surface area contributed by atoms with Gasteiger partial charge in [-0.15, -0.1) is 0 Å². The van der Waals surface area contributed by atoms with Crippen molar-refractivity contribution in [3.63, 3.8) is 0 Å². The first-order chi connectivity index (χ1) is 9.37. The molecule has 1 fully saturated rings. The van der Waals surface area contributed by atoms with Crippen molar-refractivity contribution in [1.29, 1.82) is 0 Å². The van der Waals surface area contributed by atoms with Crippen LogP contribution in [0.1, 0.15) is 38.8 Å². The minimum Gasteiger partial charge on any atom is -0.340 e. The number of hydrogen-bond donors (Lipinski definition) is 1. The number of nitrogens with one attached hydrogen (secondary N) is 1. The monoisotopic (exact) mass is 338 g/mol. The van der Waals surface area contributed by atoms with Gasteiger partial charge in [0.2, 0.25) is 11.8 Å². The smallest absolute Gasteiger partial charge is 0.248 e. The van der Waals surface area contributed by atoms with Crippen molar-refractivity contribution in [2.75, 3.05) is 6.54 Å². The van der Waals surface area contributed by atoms with Crippen LogP contribution in [0.25, 0.3) is 0 Å². The van der Waals surface area contributed by atoms with Crippen LogP contribution in [0.3, 0.4) is 0 Å². The summed E-state index contributed by atoms with van der Waals surface area (Å²) in [5.74, 6) is -0.122. The van der Waals surface area contributed by atoms with Crippen molar-refractivity contribution in [3.8, 4) is 0 Å². The topological polar surface area (TPSA) is 49.4 Å². The fourth-order valence-electron chi connectivity index (χ4n) is 2.44. The lowest BCUT2D eigenvalue weighted by Crippen LogP contribution is -2.65. The minimum atomic E-state index is -0.796. The average molecular weight is 339 g/mol. The Morgan fingerprint density at radius 3 is 2.75 bits per heavy atom. The van der Waals surface area contributed by atoms with Crippen molar-refractivity contribution in [2.24, 2.45) is 0 Å². The lowest BCUT2D eigenvalue weighted by Gasteiger charge is -2.42. The van der Waals surface area contributed by atoms with E-state index in [0.717, 1.165) is 10.0 Å². The van der Waals surface area contributed by atoms with Crippen molar-refractivity contribution in [1.82, 2.24) is 10.2 Å². The highest BCUT2D eigenvalue weighted by atomic mass is 79.9.